The molecule has 1 fully saturated rings. The lowest BCUT2D eigenvalue weighted by Crippen LogP contribution is -2.17. The van der Waals surface area contributed by atoms with E-state index >= 15 is 0 Å². The highest BCUT2D eigenvalue weighted by Crippen LogP contribution is 2.32. The molecule has 2 heterocycles. The molecule has 5 rings (SSSR count). The van der Waals surface area contributed by atoms with E-state index in [1.807, 2.05) is 6.07 Å². The molecule has 1 saturated carbocycles. The Kier molecular flexibility index (Phi) is 5.87. The van der Waals surface area contributed by atoms with Crippen molar-refractivity contribution in [2.45, 2.75) is 37.0 Å². The fraction of sp³-hybridized carbons (Fsp3) is 0.280. The molecule has 0 radical (unpaired) electrons. The normalized spacial score (nSPS) is 14.9. The molecule has 1 aliphatic rings. The molecule has 0 saturated heterocycles. The van der Waals surface area contributed by atoms with E-state index in [9.17, 15) is 13.2 Å². The van der Waals surface area contributed by atoms with Gasteiger partial charge in [-0.3, -0.25) is 9.52 Å². The van der Waals surface area contributed by atoms with Crippen molar-refractivity contribution in [1.82, 2.24) is 9.97 Å². The van der Waals surface area contributed by atoms with Gasteiger partial charge < -0.3 is 15.5 Å². The van der Waals surface area contributed by atoms with Crippen molar-refractivity contribution in [3.63, 3.8) is 0 Å². The van der Waals surface area contributed by atoms with Gasteiger partial charge >= 0.3 is 0 Å². The summed E-state index contributed by atoms with van der Waals surface area (Å²) < 4.78 is 34.5. The second kappa shape index (κ2) is 8.98. The van der Waals surface area contributed by atoms with E-state index in [1.54, 1.807) is 42.5 Å². The summed E-state index contributed by atoms with van der Waals surface area (Å²) in [4.78, 5) is 19.8. The maximum absolute atomic E-state index is 13.0. The SMILES string of the molecule is NC(=O)c1nc(OCC2CCCCC2)cc2c1[nH]c1ccc(S(=O)(=O)Nc3ccccc3)cc12. The average Bonchev–Trinajstić information content (AvgIpc) is 3.21. The third-order valence-electron chi connectivity index (χ3n) is 6.30. The van der Waals surface area contributed by atoms with E-state index < -0.39 is 15.9 Å². The lowest BCUT2D eigenvalue weighted by atomic mass is 9.90. The number of rotatable bonds is 7. The Labute approximate surface area is 197 Å². The van der Waals surface area contributed by atoms with Crippen molar-refractivity contribution in [2.75, 3.05) is 11.3 Å². The predicted octanol–water partition coefficient (Wildman–Crippen LogP) is 4.57. The molecule has 34 heavy (non-hydrogen) atoms. The summed E-state index contributed by atoms with van der Waals surface area (Å²) in [6.45, 7) is 0.527. The van der Waals surface area contributed by atoms with Crippen LogP contribution in [0, 0.1) is 5.92 Å². The van der Waals surface area contributed by atoms with Gasteiger partial charge in [0.25, 0.3) is 15.9 Å². The third-order valence-corrected chi connectivity index (χ3v) is 7.68. The van der Waals surface area contributed by atoms with E-state index in [-0.39, 0.29) is 10.6 Å². The van der Waals surface area contributed by atoms with Crippen LogP contribution in [0.1, 0.15) is 42.6 Å². The number of anilines is 1. The molecule has 4 N–H and O–H groups in total. The molecule has 2 aromatic heterocycles. The minimum Gasteiger partial charge on any atom is -0.477 e. The number of carbonyl (C=O) groups excluding carboxylic acids is 1. The van der Waals surface area contributed by atoms with Gasteiger partial charge in [-0.25, -0.2) is 13.4 Å². The van der Waals surface area contributed by atoms with Crippen LogP contribution in [0.4, 0.5) is 5.69 Å². The Morgan fingerprint density at radius 1 is 1.06 bits per heavy atom. The molecule has 9 heteroatoms. The first-order valence-corrected chi connectivity index (χ1v) is 12.9. The highest BCUT2D eigenvalue weighted by molar-refractivity contribution is 7.92. The molecular weight excluding hydrogens is 452 g/mol. The van der Waals surface area contributed by atoms with Gasteiger partial charge in [0.15, 0.2) is 5.69 Å². The standard InChI is InChI=1S/C25H26N4O4S/c26-25(30)24-23-20(14-22(28-24)33-15-16-7-3-1-4-8-16)19-13-18(11-12-21(19)27-23)34(31,32)29-17-9-5-2-6-10-17/h2,5-6,9-14,16,27,29H,1,3-4,7-8,15H2,(H2,26,30). The third kappa shape index (κ3) is 4.43. The van der Waals surface area contributed by atoms with Gasteiger partial charge in [0.05, 0.1) is 17.0 Å². The van der Waals surface area contributed by atoms with E-state index in [1.165, 1.54) is 25.3 Å². The van der Waals surface area contributed by atoms with Gasteiger partial charge in [-0.05, 0) is 49.1 Å². The fourth-order valence-electron chi connectivity index (χ4n) is 4.55. The highest BCUT2D eigenvalue weighted by atomic mass is 32.2. The second-order valence-corrected chi connectivity index (χ2v) is 10.4. The maximum atomic E-state index is 13.0. The summed E-state index contributed by atoms with van der Waals surface area (Å²) in [6, 6.07) is 15.2. The number of nitrogens with zero attached hydrogens (tertiary/aromatic N) is 1. The molecule has 2 aromatic carbocycles. The molecular formula is C25H26N4O4S. The molecule has 0 unspecified atom stereocenters. The van der Waals surface area contributed by atoms with Crippen LogP contribution in [0.15, 0.2) is 59.5 Å². The van der Waals surface area contributed by atoms with E-state index in [0.29, 0.717) is 45.9 Å². The molecule has 176 valence electrons. The number of hydrogen-bond acceptors (Lipinski definition) is 5. The van der Waals surface area contributed by atoms with Gasteiger partial charge in [-0.15, -0.1) is 0 Å². The van der Waals surface area contributed by atoms with Crippen LogP contribution < -0.4 is 15.2 Å². The number of nitrogens with one attached hydrogen (secondary N) is 2. The first kappa shape index (κ1) is 22.2. The molecule has 0 spiro atoms. The Balaban J connectivity index is 1.54. The van der Waals surface area contributed by atoms with E-state index in [2.05, 4.69) is 14.7 Å². The van der Waals surface area contributed by atoms with Crippen LogP contribution in [0.3, 0.4) is 0 Å². The van der Waals surface area contributed by atoms with Crippen molar-refractivity contribution in [3.8, 4) is 5.88 Å². The van der Waals surface area contributed by atoms with Crippen molar-refractivity contribution in [1.29, 1.82) is 0 Å². The quantitative estimate of drug-likeness (QED) is 0.358. The Bertz CT molecular complexity index is 1460. The topological polar surface area (TPSA) is 127 Å². The molecule has 4 aromatic rings. The zero-order valence-electron chi connectivity index (χ0n) is 18.6. The number of sulfonamides is 1. The lowest BCUT2D eigenvalue weighted by Gasteiger charge is -2.21. The van der Waals surface area contributed by atoms with Crippen molar-refractivity contribution < 1.29 is 17.9 Å². The van der Waals surface area contributed by atoms with Gasteiger partial charge in [0.1, 0.15) is 0 Å². The van der Waals surface area contributed by atoms with Crippen LogP contribution in [-0.2, 0) is 10.0 Å². The number of para-hydroxylation sites is 1. The zero-order valence-corrected chi connectivity index (χ0v) is 19.4. The number of ether oxygens (including phenoxy) is 1. The maximum Gasteiger partial charge on any atom is 0.269 e. The number of amides is 1. The smallest absolute Gasteiger partial charge is 0.269 e. The number of carbonyl (C=O) groups is 1. The Morgan fingerprint density at radius 2 is 1.82 bits per heavy atom. The summed E-state index contributed by atoms with van der Waals surface area (Å²) in [7, 11) is -3.82. The number of pyridine rings is 1. The number of hydrogen-bond donors (Lipinski definition) is 3. The van der Waals surface area contributed by atoms with E-state index in [4.69, 9.17) is 10.5 Å². The average molecular weight is 479 g/mol. The summed E-state index contributed by atoms with van der Waals surface area (Å²) in [5, 5.41) is 1.27. The zero-order chi connectivity index (χ0) is 23.7. The fourth-order valence-corrected chi connectivity index (χ4v) is 5.63. The Morgan fingerprint density at radius 3 is 2.56 bits per heavy atom. The number of aromatic amines is 1. The molecule has 0 aliphatic heterocycles. The molecule has 0 atom stereocenters. The predicted molar refractivity (Wildman–Crippen MR) is 131 cm³/mol. The van der Waals surface area contributed by atoms with Gasteiger partial charge in [-0.1, -0.05) is 37.5 Å². The molecule has 8 nitrogen and oxygen atoms in total. The number of aromatic nitrogens is 2. The number of fused-ring (bicyclic) bond motifs is 3. The van der Waals surface area contributed by atoms with E-state index in [0.717, 1.165) is 12.8 Å². The van der Waals surface area contributed by atoms with Gasteiger partial charge in [0, 0.05) is 28.0 Å². The molecule has 0 bridgehead atoms. The van der Waals surface area contributed by atoms with Crippen molar-refractivity contribution in [3.05, 3.63) is 60.3 Å². The van der Waals surface area contributed by atoms with Gasteiger partial charge in [-0.2, -0.15) is 0 Å². The number of nitrogens with two attached hydrogens (primary N) is 1. The second-order valence-electron chi connectivity index (χ2n) is 8.71. The summed E-state index contributed by atoms with van der Waals surface area (Å²) in [5.74, 6) is 0.0914. The Hall–Kier alpha value is -3.59. The first-order chi connectivity index (χ1) is 16.4. The first-order valence-electron chi connectivity index (χ1n) is 11.4. The number of benzene rings is 2. The monoisotopic (exact) mass is 478 g/mol. The molecule has 1 amide bonds. The van der Waals surface area contributed by atoms with Crippen LogP contribution in [-0.4, -0.2) is 30.9 Å². The van der Waals surface area contributed by atoms with Crippen LogP contribution >= 0.6 is 0 Å². The largest absolute Gasteiger partial charge is 0.477 e. The highest BCUT2D eigenvalue weighted by Gasteiger charge is 2.21. The van der Waals surface area contributed by atoms with Crippen molar-refractivity contribution >= 4 is 43.4 Å². The van der Waals surface area contributed by atoms with Crippen LogP contribution in [0.5, 0.6) is 5.88 Å². The minimum absolute atomic E-state index is 0.0687. The lowest BCUT2D eigenvalue weighted by molar-refractivity contribution is 0.0995. The summed E-state index contributed by atoms with van der Waals surface area (Å²) >= 11 is 0. The molecule has 1 aliphatic carbocycles. The number of primary amides is 1. The summed E-state index contributed by atoms with van der Waals surface area (Å²) in [6.07, 6.45) is 5.89. The van der Waals surface area contributed by atoms with Crippen LogP contribution in [0.2, 0.25) is 0 Å². The van der Waals surface area contributed by atoms with Crippen LogP contribution in [0.25, 0.3) is 21.8 Å². The summed E-state index contributed by atoms with van der Waals surface area (Å²) in [5.41, 5.74) is 7.28. The van der Waals surface area contributed by atoms with Crippen molar-refractivity contribution in [2.24, 2.45) is 11.7 Å². The number of H-pyrrole nitrogens is 1. The van der Waals surface area contributed by atoms with Gasteiger partial charge in [0.2, 0.25) is 5.88 Å². The minimum atomic E-state index is -3.82.